The van der Waals surface area contributed by atoms with E-state index in [0.29, 0.717) is 0 Å². The molecule has 1 aromatic heterocycles. The second kappa shape index (κ2) is 5.01. The summed E-state index contributed by atoms with van der Waals surface area (Å²) < 4.78 is 5.21. The molecule has 1 heterocycles. The van der Waals surface area contributed by atoms with Crippen LogP contribution in [0, 0.1) is 0 Å². The van der Waals surface area contributed by atoms with E-state index in [2.05, 4.69) is 5.32 Å². The molecule has 1 N–H and O–H groups in total. The summed E-state index contributed by atoms with van der Waals surface area (Å²) in [7, 11) is 0. The average molecular weight is 186 g/mol. The van der Waals surface area contributed by atoms with Crippen LogP contribution >= 0.6 is 11.6 Å². The van der Waals surface area contributed by atoms with E-state index in [4.69, 9.17) is 16.0 Å². The molecule has 0 radical (unpaired) electrons. The molecular weight excluding hydrogens is 174 g/mol. The third-order valence-electron chi connectivity index (χ3n) is 1.60. The molecule has 0 unspecified atom stereocenters. The summed E-state index contributed by atoms with van der Waals surface area (Å²) in [6, 6.07) is 4.06. The maximum absolute atomic E-state index is 5.37. The van der Waals surface area contributed by atoms with Gasteiger partial charge in [0.1, 0.15) is 5.76 Å². The Hall–Kier alpha value is -0.730. The first-order valence-corrected chi connectivity index (χ1v) is 4.30. The van der Waals surface area contributed by atoms with E-state index < -0.39 is 0 Å². The van der Waals surface area contributed by atoms with Crippen LogP contribution in [0.3, 0.4) is 0 Å². The van der Waals surface area contributed by atoms with Gasteiger partial charge in [0.15, 0.2) is 0 Å². The van der Waals surface area contributed by atoms with Crippen LogP contribution in [0.4, 0.5) is 0 Å². The Morgan fingerprint density at radius 3 is 3.17 bits per heavy atom. The fourth-order valence-corrected chi connectivity index (χ4v) is 1.02. The van der Waals surface area contributed by atoms with Crippen molar-refractivity contribution in [2.75, 3.05) is 6.54 Å². The van der Waals surface area contributed by atoms with E-state index in [9.17, 15) is 0 Å². The van der Waals surface area contributed by atoms with Crippen molar-refractivity contribution < 1.29 is 4.42 Å². The highest BCUT2D eigenvalue weighted by Gasteiger charge is 2.04. The first-order valence-electron chi connectivity index (χ1n) is 3.86. The standard InChI is InChI=1S/C9H12ClNO/c1-8(11-6-3-5-10)9-4-2-7-12-9/h2-5,7-8,11H,6H2,1H3/b5-3+/t8-/m0/s1. The average Bonchev–Trinajstić information content (AvgIpc) is 2.56. The molecule has 0 saturated heterocycles. The van der Waals surface area contributed by atoms with Crippen LogP contribution in [0.15, 0.2) is 34.4 Å². The highest BCUT2D eigenvalue weighted by Crippen LogP contribution is 2.11. The Bertz CT molecular complexity index is 231. The van der Waals surface area contributed by atoms with Gasteiger partial charge in [0.05, 0.1) is 12.3 Å². The summed E-state index contributed by atoms with van der Waals surface area (Å²) in [4.78, 5) is 0. The quantitative estimate of drug-likeness (QED) is 0.781. The van der Waals surface area contributed by atoms with E-state index in [1.807, 2.05) is 25.1 Å². The van der Waals surface area contributed by atoms with Crippen LogP contribution in [0.5, 0.6) is 0 Å². The summed E-state index contributed by atoms with van der Waals surface area (Å²) in [6.45, 7) is 2.80. The van der Waals surface area contributed by atoms with Crippen LogP contribution in [0.25, 0.3) is 0 Å². The lowest BCUT2D eigenvalue weighted by molar-refractivity contribution is 0.441. The second-order valence-electron chi connectivity index (χ2n) is 2.51. The molecule has 3 heteroatoms. The van der Waals surface area contributed by atoms with Gasteiger partial charge in [-0.3, -0.25) is 0 Å². The van der Waals surface area contributed by atoms with Gasteiger partial charge in [-0.1, -0.05) is 17.7 Å². The minimum Gasteiger partial charge on any atom is -0.468 e. The number of halogens is 1. The molecule has 12 heavy (non-hydrogen) atoms. The highest BCUT2D eigenvalue weighted by atomic mass is 35.5. The van der Waals surface area contributed by atoms with Crippen molar-refractivity contribution in [2.45, 2.75) is 13.0 Å². The number of hydrogen-bond acceptors (Lipinski definition) is 2. The van der Waals surface area contributed by atoms with Gasteiger partial charge in [-0.25, -0.2) is 0 Å². The predicted octanol–water partition coefficient (Wildman–Crippen LogP) is 2.68. The molecule has 0 amide bonds. The molecule has 0 aliphatic carbocycles. The monoisotopic (exact) mass is 185 g/mol. The van der Waals surface area contributed by atoms with Crippen molar-refractivity contribution >= 4 is 11.6 Å². The van der Waals surface area contributed by atoms with Gasteiger partial charge in [-0.15, -0.1) is 0 Å². The fourth-order valence-electron chi connectivity index (χ4n) is 0.928. The second-order valence-corrected chi connectivity index (χ2v) is 2.76. The van der Waals surface area contributed by atoms with Crippen molar-refractivity contribution in [3.63, 3.8) is 0 Å². The van der Waals surface area contributed by atoms with Crippen molar-refractivity contribution in [1.82, 2.24) is 5.32 Å². The third kappa shape index (κ3) is 2.72. The zero-order valence-electron chi connectivity index (χ0n) is 6.96. The third-order valence-corrected chi connectivity index (χ3v) is 1.78. The first-order chi connectivity index (χ1) is 5.84. The van der Waals surface area contributed by atoms with E-state index in [1.54, 1.807) is 6.26 Å². The van der Waals surface area contributed by atoms with Crippen molar-refractivity contribution in [1.29, 1.82) is 0 Å². The Balaban J connectivity index is 2.34. The lowest BCUT2D eigenvalue weighted by Crippen LogP contribution is -2.17. The lowest BCUT2D eigenvalue weighted by atomic mass is 10.2. The van der Waals surface area contributed by atoms with Crippen LogP contribution in [0.1, 0.15) is 18.7 Å². The fraction of sp³-hybridized carbons (Fsp3) is 0.333. The minimum atomic E-state index is 0.230. The summed E-state index contributed by atoms with van der Waals surface area (Å²) in [5.41, 5.74) is 1.50. The molecular formula is C9H12ClNO. The van der Waals surface area contributed by atoms with Gasteiger partial charge in [0, 0.05) is 12.1 Å². The molecule has 0 bridgehead atoms. The smallest absolute Gasteiger partial charge is 0.120 e. The molecule has 66 valence electrons. The molecule has 1 atom stereocenters. The van der Waals surface area contributed by atoms with Crippen LogP contribution in [0.2, 0.25) is 0 Å². The molecule has 1 rings (SSSR count). The Labute approximate surface area is 77.2 Å². The molecule has 0 aliphatic heterocycles. The van der Waals surface area contributed by atoms with Crippen molar-refractivity contribution in [3.8, 4) is 0 Å². The van der Waals surface area contributed by atoms with Crippen LogP contribution in [-0.2, 0) is 0 Å². The summed E-state index contributed by atoms with van der Waals surface area (Å²) in [5.74, 6) is 0.943. The van der Waals surface area contributed by atoms with Crippen LogP contribution in [-0.4, -0.2) is 6.54 Å². The summed E-state index contributed by atoms with van der Waals surface area (Å²) in [5, 5.41) is 3.22. The van der Waals surface area contributed by atoms with E-state index in [1.165, 1.54) is 5.54 Å². The topological polar surface area (TPSA) is 25.2 Å². The molecule has 2 nitrogen and oxygen atoms in total. The SMILES string of the molecule is C[C@H](NC/C=C/Cl)c1ccco1. The number of hydrogen-bond donors (Lipinski definition) is 1. The van der Waals surface area contributed by atoms with Crippen LogP contribution < -0.4 is 5.32 Å². The van der Waals surface area contributed by atoms with Gasteiger partial charge >= 0.3 is 0 Å². The van der Waals surface area contributed by atoms with Crippen molar-refractivity contribution in [3.05, 3.63) is 35.8 Å². The van der Waals surface area contributed by atoms with Gasteiger partial charge in [0.25, 0.3) is 0 Å². The Kier molecular flexibility index (Phi) is 3.91. The van der Waals surface area contributed by atoms with Gasteiger partial charge in [-0.05, 0) is 19.1 Å². The molecule has 0 fully saturated rings. The van der Waals surface area contributed by atoms with Gasteiger partial charge < -0.3 is 9.73 Å². The largest absolute Gasteiger partial charge is 0.468 e. The zero-order valence-corrected chi connectivity index (χ0v) is 7.71. The minimum absolute atomic E-state index is 0.230. The Morgan fingerprint density at radius 1 is 1.75 bits per heavy atom. The van der Waals surface area contributed by atoms with Crippen molar-refractivity contribution in [2.24, 2.45) is 0 Å². The molecule has 0 spiro atoms. The van der Waals surface area contributed by atoms with E-state index >= 15 is 0 Å². The first kappa shape index (κ1) is 9.36. The molecule has 0 aromatic carbocycles. The highest BCUT2D eigenvalue weighted by molar-refractivity contribution is 6.25. The number of rotatable bonds is 4. The summed E-state index contributed by atoms with van der Waals surface area (Å²) >= 11 is 5.37. The number of furan rings is 1. The normalized spacial score (nSPS) is 13.8. The lowest BCUT2D eigenvalue weighted by Gasteiger charge is -2.07. The maximum Gasteiger partial charge on any atom is 0.120 e. The van der Waals surface area contributed by atoms with E-state index in [-0.39, 0.29) is 6.04 Å². The van der Waals surface area contributed by atoms with E-state index in [0.717, 1.165) is 12.3 Å². The molecule has 1 aromatic rings. The Morgan fingerprint density at radius 2 is 2.58 bits per heavy atom. The van der Waals surface area contributed by atoms with Gasteiger partial charge in [0.2, 0.25) is 0 Å². The summed E-state index contributed by atoms with van der Waals surface area (Å²) in [6.07, 6.45) is 3.52. The molecule has 0 saturated carbocycles. The predicted molar refractivity (Wildman–Crippen MR) is 50.1 cm³/mol. The maximum atomic E-state index is 5.37. The van der Waals surface area contributed by atoms with Gasteiger partial charge in [-0.2, -0.15) is 0 Å². The number of nitrogens with one attached hydrogen (secondary N) is 1. The zero-order chi connectivity index (χ0) is 8.81. The molecule has 0 aliphatic rings.